The molecule has 2 amide bonds. The van der Waals surface area contributed by atoms with Gasteiger partial charge in [0.05, 0.1) is 18.2 Å². The number of rotatable bonds is 4. The lowest BCUT2D eigenvalue weighted by atomic mass is 9.87. The maximum Gasteiger partial charge on any atom is 0.249 e. The van der Waals surface area contributed by atoms with E-state index in [0.29, 0.717) is 5.57 Å². The highest BCUT2D eigenvalue weighted by Crippen LogP contribution is 2.33. The van der Waals surface area contributed by atoms with Gasteiger partial charge in [0.15, 0.2) is 0 Å². The normalized spacial score (nSPS) is 18.4. The van der Waals surface area contributed by atoms with Gasteiger partial charge in [-0.3, -0.25) is 14.6 Å². The van der Waals surface area contributed by atoms with E-state index in [-0.39, 0.29) is 24.3 Å². The number of amides is 2. The Kier molecular flexibility index (Phi) is 4.70. The molecule has 6 heteroatoms. The second-order valence-corrected chi connectivity index (χ2v) is 6.17. The Balaban J connectivity index is 1.76. The van der Waals surface area contributed by atoms with Gasteiger partial charge in [0.1, 0.15) is 6.04 Å². The lowest BCUT2D eigenvalue weighted by Crippen LogP contribution is -2.39. The summed E-state index contributed by atoms with van der Waals surface area (Å²) in [4.78, 5) is 29.1. The van der Waals surface area contributed by atoms with Crippen LogP contribution in [0.15, 0.2) is 59.1 Å². The van der Waals surface area contributed by atoms with Crippen molar-refractivity contribution in [3.63, 3.8) is 0 Å². The maximum atomic E-state index is 12.4. The quantitative estimate of drug-likeness (QED) is 0.785. The number of hydrogen-bond acceptors (Lipinski definition) is 4. The van der Waals surface area contributed by atoms with E-state index in [4.69, 9.17) is 0 Å². The summed E-state index contributed by atoms with van der Waals surface area (Å²) >= 11 is 0. The molecule has 0 aliphatic carbocycles. The molecule has 25 heavy (non-hydrogen) atoms. The van der Waals surface area contributed by atoms with Gasteiger partial charge in [-0.15, -0.1) is 0 Å². The molecule has 0 aromatic carbocycles. The fourth-order valence-electron chi connectivity index (χ4n) is 3.09. The molecule has 129 valence electrons. The summed E-state index contributed by atoms with van der Waals surface area (Å²) in [5.41, 5.74) is 4.00. The van der Waals surface area contributed by atoms with Crippen LogP contribution in [-0.2, 0) is 9.59 Å². The minimum atomic E-state index is -0.226. The molecular weight excluding hydrogens is 316 g/mol. The average molecular weight is 337 g/mol. The number of allylic oxidation sites excluding steroid dienone is 1. The number of carbonyl (C=O) groups is 2. The van der Waals surface area contributed by atoms with Crippen molar-refractivity contribution in [2.24, 2.45) is 0 Å². The molecule has 1 aromatic heterocycles. The third kappa shape index (κ3) is 3.47. The third-order valence-electron chi connectivity index (χ3n) is 4.39. The number of nitrogens with one attached hydrogen (secondary N) is 3. The van der Waals surface area contributed by atoms with Crippen LogP contribution < -0.4 is 16.0 Å². The number of pyridine rings is 1. The maximum absolute atomic E-state index is 12.4. The minimum Gasteiger partial charge on any atom is -0.365 e. The molecule has 0 fully saturated rings. The molecule has 1 atom stereocenters. The SMILES string of the molecule is CC1=C2[C](C=CN1)NC(=O)C(CC(=O)N[C@H](C)c1ccccn1)=C2C. The Hall–Kier alpha value is -2.89. The van der Waals surface area contributed by atoms with Gasteiger partial charge >= 0.3 is 0 Å². The van der Waals surface area contributed by atoms with Gasteiger partial charge in [-0.2, -0.15) is 0 Å². The van der Waals surface area contributed by atoms with Crippen molar-refractivity contribution in [3.05, 3.63) is 70.8 Å². The van der Waals surface area contributed by atoms with E-state index in [1.54, 1.807) is 12.4 Å². The van der Waals surface area contributed by atoms with Gasteiger partial charge < -0.3 is 16.0 Å². The number of hydrogen-bond donors (Lipinski definition) is 3. The van der Waals surface area contributed by atoms with Gasteiger partial charge in [0, 0.05) is 23.0 Å². The molecule has 1 aromatic rings. The predicted octanol–water partition coefficient (Wildman–Crippen LogP) is 2.02. The molecule has 3 heterocycles. The summed E-state index contributed by atoms with van der Waals surface area (Å²) in [6.45, 7) is 5.70. The highest BCUT2D eigenvalue weighted by molar-refractivity contribution is 6.03. The lowest BCUT2D eigenvalue weighted by molar-refractivity contribution is -0.123. The molecule has 0 unspecified atom stereocenters. The van der Waals surface area contributed by atoms with Crippen molar-refractivity contribution in [1.82, 2.24) is 20.9 Å². The zero-order valence-corrected chi connectivity index (χ0v) is 14.5. The smallest absolute Gasteiger partial charge is 0.249 e. The van der Waals surface area contributed by atoms with Crippen LogP contribution >= 0.6 is 0 Å². The topological polar surface area (TPSA) is 83.1 Å². The Morgan fingerprint density at radius 2 is 2.12 bits per heavy atom. The third-order valence-corrected chi connectivity index (χ3v) is 4.39. The van der Waals surface area contributed by atoms with E-state index in [1.807, 2.05) is 45.0 Å². The van der Waals surface area contributed by atoms with E-state index < -0.39 is 0 Å². The highest BCUT2D eigenvalue weighted by Gasteiger charge is 2.32. The lowest BCUT2D eigenvalue weighted by Gasteiger charge is -2.30. The van der Waals surface area contributed by atoms with Crippen LogP contribution in [0.3, 0.4) is 0 Å². The fourth-order valence-corrected chi connectivity index (χ4v) is 3.09. The van der Waals surface area contributed by atoms with Crippen molar-refractivity contribution in [1.29, 1.82) is 0 Å². The van der Waals surface area contributed by atoms with Crippen LogP contribution in [0.25, 0.3) is 0 Å². The first kappa shape index (κ1) is 17.0. The zero-order chi connectivity index (χ0) is 18.0. The van der Waals surface area contributed by atoms with Crippen molar-refractivity contribution < 1.29 is 9.59 Å². The van der Waals surface area contributed by atoms with Crippen molar-refractivity contribution in [2.45, 2.75) is 33.2 Å². The molecule has 3 N–H and O–H groups in total. The second kappa shape index (κ2) is 6.93. The number of carbonyl (C=O) groups excluding carboxylic acids is 2. The van der Waals surface area contributed by atoms with Gasteiger partial charge in [-0.05, 0) is 50.8 Å². The first-order chi connectivity index (χ1) is 12.0. The van der Waals surface area contributed by atoms with Gasteiger partial charge in [0.2, 0.25) is 11.8 Å². The average Bonchev–Trinajstić information content (AvgIpc) is 2.59. The molecule has 1 radical (unpaired) electrons. The monoisotopic (exact) mass is 337 g/mol. The summed E-state index contributed by atoms with van der Waals surface area (Å²) in [6, 6.07) is 6.11. The largest absolute Gasteiger partial charge is 0.365 e. The molecule has 3 rings (SSSR count). The molecule has 2 aliphatic heterocycles. The Bertz CT molecular complexity index is 793. The standard InChI is InChI=1S/C19H21N4O2/c1-11-14(19(25)23-16-7-9-20-13(3)18(11)16)10-17(24)22-12(2)15-6-4-5-8-21-15/h4-9,12,20H,10H2,1-3H3,(H,22,24)(H,23,25)/t12-/m1/s1. The summed E-state index contributed by atoms with van der Waals surface area (Å²) in [6.07, 6.45) is 5.33. The van der Waals surface area contributed by atoms with Gasteiger partial charge in [0.25, 0.3) is 0 Å². The van der Waals surface area contributed by atoms with Crippen molar-refractivity contribution in [2.75, 3.05) is 0 Å². The summed E-state index contributed by atoms with van der Waals surface area (Å²) in [7, 11) is 0. The molecule has 2 aliphatic rings. The van der Waals surface area contributed by atoms with E-state index in [1.165, 1.54) is 0 Å². The molecule has 0 saturated carbocycles. The van der Waals surface area contributed by atoms with E-state index >= 15 is 0 Å². The molecule has 0 bridgehead atoms. The Morgan fingerprint density at radius 3 is 2.84 bits per heavy atom. The van der Waals surface area contributed by atoms with Crippen LogP contribution in [0.1, 0.15) is 38.9 Å². The predicted molar refractivity (Wildman–Crippen MR) is 94.5 cm³/mol. The number of dihydropyridines is 1. The summed E-state index contributed by atoms with van der Waals surface area (Å²) in [5.74, 6) is -0.431. The summed E-state index contributed by atoms with van der Waals surface area (Å²) in [5, 5.41) is 8.90. The number of fused-ring (bicyclic) bond motifs is 1. The zero-order valence-electron chi connectivity index (χ0n) is 14.5. The molecule has 6 nitrogen and oxygen atoms in total. The van der Waals surface area contributed by atoms with Crippen LogP contribution in [0.4, 0.5) is 0 Å². The molecular formula is C19H21N4O2. The number of nitrogens with zero attached hydrogens (tertiary/aromatic N) is 1. The van der Waals surface area contributed by atoms with Gasteiger partial charge in [-0.25, -0.2) is 0 Å². The van der Waals surface area contributed by atoms with E-state index in [2.05, 4.69) is 20.9 Å². The van der Waals surface area contributed by atoms with Crippen LogP contribution in [-0.4, -0.2) is 16.8 Å². The van der Waals surface area contributed by atoms with E-state index in [0.717, 1.165) is 28.6 Å². The first-order valence-electron chi connectivity index (χ1n) is 8.20. The van der Waals surface area contributed by atoms with Crippen LogP contribution in [0, 0.1) is 6.04 Å². The van der Waals surface area contributed by atoms with Crippen LogP contribution in [0.2, 0.25) is 0 Å². The summed E-state index contributed by atoms with van der Waals surface area (Å²) < 4.78 is 0. The second-order valence-electron chi connectivity index (χ2n) is 6.17. The van der Waals surface area contributed by atoms with Crippen molar-refractivity contribution >= 4 is 11.8 Å². The first-order valence-corrected chi connectivity index (χ1v) is 8.20. The highest BCUT2D eigenvalue weighted by atomic mass is 16.2. The Morgan fingerprint density at radius 1 is 1.32 bits per heavy atom. The van der Waals surface area contributed by atoms with E-state index in [9.17, 15) is 9.59 Å². The minimum absolute atomic E-state index is 0.0304. The van der Waals surface area contributed by atoms with Gasteiger partial charge in [-0.1, -0.05) is 6.07 Å². The number of aromatic nitrogens is 1. The Labute approximate surface area is 147 Å². The molecule has 0 spiro atoms. The fraction of sp³-hybridized carbons (Fsp3) is 0.263. The van der Waals surface area contributed by atoms with Crippen LogP contribution in [0.5, 0.6) is 0 Å². The molecule has 0 saturated heterocycles. The van der Waals surface area contributed by atoms with Crippen molar-refractivity contribution in [3.8, 4) is 0 Å².